The van der Waals surface area contributed by atoms with Crippen LogP contribution in [0.2, 0.25) is 0 Å². The molecule has 2 aromatic carbocycles. The van der Waals surface area contributed by atoms with E-state index in [4.69, 9.17) is 4.74 Å². The van der Waals surface area contributed by atoms with Crippen molar-refractivity contribution in [2.45, 2.75) is 25.9 Å². The second-order valence-corrected chi connectivity index (χ2v) is 5.78. The summed E-state index contributed by atoms with van der Waals surface area (Å²) in [5.74, 6) is 0.938. The van der Waals surface area contributed by atoms with Gasteiger partial charge in [-0.1, -0.05) is 38.1 Å². The minimum absolute atomic E-state index is 0.173. The molecule has 122 valence electrons. The van der Waals surface area contributed by atoms with Crippen molar-refractivity contribution in [3.8, 4) is 5.75 Å². The highest BCUT2D eigenvalue weighted by Crippen LogP contribution is 2.18. The molecule has 1 amide bonds. The first-order valence-electron chi connectivity index (χ1n) is 7.71. The molecule has 23 heavy (non-hydrogen) atoms. The molecule has 1 atom stereocenters. The van der Waals surface area contributed by atoms with Gasteiger partial charge in [0.15, 0.2) is 0 Å². The molecule has 4 nitrogen and oxygen atoms in total. The van der Waals surface area contributed by atoms with Gasteiger partial charge in [-0.3, -0.25) is 4.79 Å². The summed E-state index contributed by atoms with van der Waals surface area (Å²) in [6.07, 6.45) is -0.724. The Kier molecular flexibility index (Phi) is 5.77. The van der Waals surface area contributed by atoms with Crippen molar-refractivity contribution >= 4 is 5.91 Å². The van der Waals surface area contributed by atoms with Gasteiger partial charge in [-0.2, -0.15) is 0 Å². The van der Waals surface area contributed by atoms with E-state index in [9.17, 15) is 9.90 Å². The summed E-state index contributed by atoms with van der Waals surface area (Å²) >= 11 is 0. The van der Waals surface area contributed by atoms with Crippen molar-refractivity contribution in [2.75, 3.05) is 13.7 Å². The van der Waals surface area contributed by atoms with Crippen LogP contribution in [0.1, 0.15) is 47.4 Å². The Labute approximate surface area is 137 Å². The van der Waals surface area contributed by atoms with Crippen LogP contribution in [-0.4, -0.2) is 24.7 Å². The van der Waals surface area contributed by atoms with E-state index in [1.54, 1.807) is 31.4 Å². The van der Waals surface area contributed by atoms with Crippen LogP contribution in [-0.2, 0) is 0 Å². The van der Waals surface area contributed by atoms with E-state index in [0.717, 1.165) is 5.56 Å². The molecule has 0 aromatic heterocycles. The van der Waals surface area contributed by atoms with Gasteiger partial charge in [0.05, 0.1) is 13.2 Å². The summed E-state index contributed by atoms with van der Waals surface area (Å²) in [5.41, 5.74) is 2.56. The number of benzene rings is 2. The van der Waals surface area contributed by atoms with Gasteiger partial charge in [0.2, 0.25) is 0 Å². The van der Waals surface area contributed by atoms with E-state index in [1.807, 2.05) is 24.3 Å². The van der Waals surface area contributed by atoms with Crippen LogP contribution in [0.15, 0.2) is 48.5 Å². The molecule has 2 aromatic rings. The zero-order valence-corrected chi connectivity index (χ0v) is 13.7. The van der Waals surface area contributed by atoms with Gasteiger partial charge < -0.3 is 15.2 Å². The standard InChI is InChI=1S/C19H23NO3/c1-13(2)14-4-6-15(7-5-14)18(21)12-20-19(22)16-8-10-17(23-3)11-9-16/h4-11,13,18,21H,12H2,1-3H3,(H,20,22). The Hall–Kier alpha value is -2.33. The Morgan fingerprint density at radius 3 is 2.13 bits per heavy atom. The first kappa shape index (κ1) is 17.0. The number of methoxy groups -OCH3 is 1. The van der Waals surface area contributed by atoms with Gasteiger partial charge in [0.1, 0.15) is 5.75 Å². The number of hydrogen-bond acceptors (Lipinski definition) is 3. The predicted molar refractivity (Wildman–Crippen MR) is 90.8 cm³/mol. The first-order chi connectivity index (χ1) is 11.0. The van der Waals surface area contributed by atoms with E-state index in [-0.39, 0.29) is 12.5 Å². The molecule has 0 saturated heterocycles. The van der Waals surface area contributed by atoms with Crippen LogP contribution in [0.3, 0.4) is 0 Å². The van der Waals surface area contributed by atoms with Gasteiger partial charge in [-0.25, -0.2) is 0 Å². The second-order valence-electron chi connectivity index (χ2n) is 5.78. The van der Waals surface area contributed by atoms with Gasteiger partial charge in [-0.15, -0.1) is 0 Å². The Morgan fingerprint density at radius 1 is 1.04 bits per heavy atom. The average Bonchev–Trinajstić information content (AvgIpc) is 2.59. The maximum atomic E-state index is 12.1. The van der Waals surface area contributed by atoms with Gasteiger partial charge in [0.25, 0.3) is 5.91 Å². The lowest BCUT2D eigenvalue weighted by atomic mass is 10.00. The Balaban J connectivity index is 1.92. The summed E-state index contributed by atoms with van der Waals surface area (Å²) in [6.45, 7) is 4.42. The molecule has 0 bridgehead atoms. The van der Waals surface area contributed by atoms with Crippen molar-refractivity contribution in [3.63, 3.8) is 0 Å². The SMILES string of the molecule is COc1ccc(C(=O)NCC(O)c2ccc(C(C)C)cc2)cc1. The Morgan fingerprint density at radius 2 is 1.61 bits per heavy atom. The zero-order valence-electron chi connectivity index (χ0n) is 13.7. The monoisotopic (exact) mass is 313 g/mol. The largest absolute Gasteiger partial charge is 0.497 e. The molecule has 0 fully saturated rings. The van der Waals surface area contributed by atoms with Crippen molar-refractivity contribution in [3.05, 3.63) is 65.2 Å². The summed E-state index contributed by atoms with van der Waals surface area (Å²) in [6, 6.07) is 14.7. The fourth-order valence-electron chi connectivity index (χ4n) is 2.25. The van der Waals surface area contributed by atoms with Crippen LogP contribution in [0, 0.1) is 0 Å². The molecule has 0 radical (unpaired) electrons. The highest BCUT2D eigenvalue weighted by Gasteiger charge is 2.11. The van der Waals surface area contributed by atoms with E-state index in [2.05, 4.69) is 19.2 Å². The number of nitrogens with one attached hydrogen (secondary N) is 1. The lowest BCUT2D eigenvalue weighted by Gasteiger charge is -2.14. The van der Waals surface area contributed by atoms with Crippen molar-refractivity contribution in [1.82, 2.24) is 5.32 Å². The number of carbonyl (C=O) groups excluding carboxylic acids is 1. The molecule has 0 saturated carbocycles. The number of rotatable bonds is 6. The number of aliphatic hydroxyl groups is 1. The maximum Gasteiger partial charge on any atom is 0.251 e. The summed E-state index contributed by atoms with van der Waals surface area (Å²) < 4.78 is 5.06. The molecule has 4 heteroatoms. The third-order valence-electron chi connectivity index (χ3n) is 3.80. The number of carbonyl (C=O) groups is 1. The van der Waals surface area contributed by atoms with Gasteiger partial charge in [0, 0.05) is 12.1 Å². The van der Waals surface area contributed by atoms with Crippen molar-refractivity contribution in [2.24, 2.45) is 0 Å². The summed E-state index contributed by atoms with van der Waals surface area (Å²) in [4.78, 5) is 12.1. The number of aliphatic hydroxyl groups excluding tert-OH is 1. The van der Waals surface area contributed by atoms with Crippen LogP contribution >= 0.6 is 0 Å². The van der Waals surface area contributed by atoms with Crippen LogP contribution < -0.4 is 10.1 Å². The molecular formula is C19H23NO3. The van der Waals surface area contributed by atoms with Gasteiger partial charge >= 0.3 is 0 Å². The molecule has 0 heterocycles. The zero-order chi connectivity index (χ0) is 16.8. The smallest absolute Gasteiger partial charge is 0.251 e. The fourth-order valence-corrected chi connectivity index (χ4v) is 2.25. The van der Waals surface area contributed by atoms with Crippen LogP contribution in [0.5, 0.6) is 5.75 Å². The lowest BCUT2D eigenvalue weighted by molar-refractivity contribution is 0.0916. The quantitative estimate of drug-likeness (QED) is 0.860. The lowest BCUT2D eigenvalue weighted by Crippen LogP contribution is -2.28. The first-order valence-corrected chi connectivity index (χ1v) is 7.71. The van der Waals surface area contributed by atoms with E-state index in [1.165, 1.54) is 5.56 Å². The van der Waals surface area contributed by atoms with Crippen molar-refractivity contribution < 1.29 is 14.6 Å². The molecule has 0 aliphatic heterocycles. The average molecular weight is 313 g/mol. The molecule has 2 N–H and O–H groups in total. The minimum Gasteiger partial charge on any atom is -0.497 e. The Bertz CT molecular complexity index is 633. The maximum absolute atomic E-state index is 12.1. The van der Waals surface area contributed by atoms with Crippen molar-refractivity contribution in [1.29, 1.82) is 0 Å². The van der Waals surface area contributed by atoms with Crippen LogP contribution in [0.25, 0.3) is 0 Å². The molecule has 2 rings (SSSR count). The topological polar surface area (TPSA) is 58.6 Å². The number of hydrogen-bond donors (Lipinski definition) is 2. The number of ether oxygens (including phenoxy) is 1. The summed E-state index contributed by atoms with van der Waals surface area (Å²) in [5, 5.41) is 12.9. The van der Waals surface area contributed by atoms with Crippen LogP contribution in [0.4, 0.5) is 0 Å². The highest BCUT2D eigenvalue weighted by atomic mass is 16.5. The molecule has 0 spiro atoms. The molecular weight excluding hydrogens is 290 g/mol. The summed E-state index contributed by atoms with van der Waals surface area (Å²) in [7, 11) is 1.58. The highest BCUT2D eigenvalue weighted by molar-refractivity contribution is 5.94. The molecule has 1 unspecified atom stereocenters. The number of amides is 1. The van der Waals surface area contributed by atoms with Gasteiger partial charge in [-0.05, 0) is 41.3 Å². The second kappa shape index (κ2) is 7.79. The van der Waals surface area contributed by atoms with E-state index >= 15 is 0 Å². The molecule has 0 aliphatic rings. The van der Waals surface area contributed by atoms with E-state index < -0.39 is 6.10 Å². The van der Waals surface area contributed by atoms with E-state index in [0.29, 0.717) is 17.2 Å². The third kappa shape index (κ3) is 4.57. The molecule has 0 aliphatic carbocycles. The minimum atomic E-state index is -0.724. The predicted octanol–water partition coefficient (Wildman–Crippen LogP) is 3.28. The normalized spacial score (nSPS) is 12.0. The fraction of sp³-hybridized carbons (Fsp3) is 0.316. The third-order valence-corrected chi connectivity index (χ3v) is 3.80.